The van der Waals surface area contributed by atoms with Gasteiger partial charge in [0.2, 0.25) is 0 Å². The van der Waals surface area contributed by atoms with Crippen LogP contribution in [0.4, 0.5) is 5.69 Å². The second-order valence-electron chi connectivity index (χ2n) is 4.94. The molecule has 2 rings (SSSR count). The molecule has 0 spiro atoms. The Morgan fingerprint density at radius 2 is 2.14 bits per heavy atom. The summed E-state index contributed by atoms with van der Waals surface area (Å²) in [4.78, 5) is 17.1. The van der Waals surface area contributed by atoms with Gasteiger partial charge in [-0.05, 0) is 38.7 Å². The fraction of sp³-hybridized carbons (Fsp3) is 0.529. The number of nitrogens with zero attached hydrogens (tertiary/aromatic N) is 1. The second kappa shape index (κ2) is 7.53. The van der Waals surface area contributed by atoms with Crippen LogP contribution in [0.25, 0.3) is 0 Å². The van der Waals surface area contributed by atoms with Crippen molar-refractivity contribution in [3.8, 4) is 11.8 Å². The van der Waals surface area contributed by atoms with E-state index in [2.05, 4.69) is 16.8 Å². The number of carbonyl (C=O) groups excluding carboxylic acids is 1. The van der Waals surface area contributed by atoms with Crippen molar-refractivity contribution in [2.75, 3.05) is 0 Å². The molecule has 1 atom stereocenters. The van der Waals surface area contributed by atoms with Crippen LogP contribution < -0.4 is 0 Å². The highest BCUT2D eigenvalue weighted by atomic mass is 32.1. The van der Waals surface area contributed by atoms with Crippen LogP contribution in [0, 0.1) is 17.8 Å². The van der Waals surface area contributed by atoms with Crippen molar-refractivity contribution in [3.05, 3.63) is 15.8 Å². The Kier molecular flexibility index (Phi) is 6.32. The lowest BCUT2D eigenvalue weighted by Crippen LogP contribution is -2.24. The summed E-state index contributed by atoms with van der Waals surface area (Å²) < 4.78 is 0. The van der Waals surface area contributed by atoms with E-state index < -0.39 is 5.60 Å². The summed E-state index contributed by atoms with van der Waals surface area (Å²) in [5.74, 6) is 6.17. The number of carbonyl (C=O) groups is 1. The molecule has 1 heterocycles. The van der Waals surface area contributed by atoms with Gasteiger partial charge in [-0.3, -0.25) is 9.79 Å². The van der Waals surface area contributed by atoms with E-state index in [-0.39, 0.29) is 5.78 Å². The lowest BCUT2D eigenvalue weighted by Gasteiger charge is -2.13. The van der Waals surface area contributed by atoms with E-state index in [1.165, 1.54) is 18.3 Å². The van der Waals surface area contributed by atoms with Crippen LogP contribution in [-0.2, 0) is 0 Å². The monoisotopic (exact) mass is 305 g/mol. The Balaban J connectivity index is 0.00000106. The van der Waals surface area contributed by atoms with Gasteiger partial charge in [-0.1, -0.05) is 25.7 Å². The summed E-state index contributed by atoms with van der Waals surface area (Å²) in [6.45, 7) is 9.09. The molecule has 0 saturated heterocycles. The first-order chi connectivity index (χ1) is 9.94. The molecule has 1 aliphatic carbocycles. The quantitative estimate of drug-likeness (QED) is 0.516. The van der Waals surface area contributed by atoms with Crippen molar-refractivity contribution < 1.29 is 9.90 Å². The van der Waals surface area contributed by atoms with Crippen LogP contribution in [0.15, 0.2) is 11.1 Å². The van der Waals surface area contributed by atoms with E-state index in [0.717, 1.165) is 17.7 Å². The summed E-state index contributed by atoms with van der Waals surface area (Å²) in [5.41, 5.74) is -0.260. The van der Waals surface area contributed by atoms with Crippen molar-refractivity contribution in [1.29, 1.82) is 0 Å². The van der Waals surface area contributed by atoms with Gasteiger partial charge in [0.25, 0.3) is 0 Å². The van der Waals surface area contributed by atoms with Crippen molar-refractivity contribution >= 4 is 29.0 Å². The molecule has 1 aliphatic rings. The van der Waals surface area contributed by atoms with Gasteiger partial charge in [-0.25, -0.2) is 0 Å². The van der Waals surface area contributed by atoms with E-state index in [0.29, 0.717) is 16.5 Å². The zero-order chi connectivity index (χ0) is 16.0. The van der Waals surface area contributed by atoms with Crippen molar-refractivity contribution in [1.82, 2.24) is 0 Å². The summed E-state index contributed by atoms with van der Waals surface area (Å²) in [6, 6.07) is 1.80. The minimum absolute atomic E-state index is 0.00685. The van der Waals surface area contributed by atoms with Crippen molar-refractivity contribution in [3.63, 3.8) is 0 Å². The van der Waals surface area contributed by atoms with E-state index in [1.807, 2.05) is 20.8 Å². The van der Waals surface area contributed by atoms with Gasteiger partial charge in [-0.2, -0.15) is 0 Å². The first kappa shape index (κ1) is 17.6. The second-order valence-corrected chi connectivity index (χ2v) is 5.99. The molecule has 1 N–H and O–H groups in total. The normalized spacial score (nSPS) is 16.5. The number of hydrogen-bond acceptors (Lipinski definition) is 4. The third-order valence-electron chi connectivity index (χ3n) is 3.11. The standard InChI is InChI=1S/C15H17NO2S.C2H6/c1-4-16-13-9-12(19-14(13)10(2)17)7-8-15(3,18)11-5-6-11;1-2/h4,9,11,18H,5-6H2,1-3H3;1-2H3. The van der Waals surface area contributed by atoms with E-state index in [4.69, 9.17) is 0 Å². The summed E-state index contributed by atoms with van der Waals surface area (Å²) in [5, 5.41) is 10.1. The third kappa shape index (κ3) is 4.80. The first-order valence-electron chi connectivity index (χ1n) is 7.33. The molecular weight excluding hydrogens is 282 g/mol. The lowest BCUT2D eigenvalue weighted by molar-refractivity contribution is 0.0980. The fourth-order valence-corrected chi connectivity index (χ4v) is 2.72. The number of Topliss-reactive ketones (excluding diaryl/α,β-unsaturated/α-hetero) is 1. The van der Waals surface area contributed by atoms with Gasteiger partial charge in [-0.15, -0.1) is 11.3 Å². The molecule has 1 aromatic heterocycles. The molecule has 0 bridgehead atoms. The van der Waals surface area contributed by atoms with Gasteiger partial charge in [0.1, 0.15) is 5.60 Å². The molecule has 1 fully saturated rings. The fourth-order valence-electron chi connectivity index (χ4n) is 1.87. The molecule has 21 heavy (non-hydrogen) atoms. The molecule has 1 unspecified atom stereocenters. The maximum absolute atomic E-state index is 11.5. The minimum atomic E-state index is -0.922. The smallest absolute Gasteiger partial charge is 0.171 e. The van der Waals surface area contributed by atoms with Gasteiger partial charge >= 0.3 is 0 Å². The Hall–Kier alpha value is -1.44. The topological polar surface area (TPSA) is 49.7 Å². The number of thiophene rings is 1. The molecule has 0 radical (unpaired) electrons. The minimum Gasteiger partial charge on any atom is -0.378 e. The molecule has 1 aromatic rings. The van der Waals surface area contributed by atoms with Gasteiger partial charge in [0, 0.05) is 13.1 Å². The molecule has 0 amide bonds. The summed E-state index contributed by atoms with van der Waals surface area (Å²) >= 11 is 1.33. The van der Waals surface area contributed by atoms with Crippen LogP contribution in [0.1, 0.15) is 62.0 Å². The van der Waals surface area contributed by atoms with E-state index in [1.54, 1.807) is 19.2 Å². The molecule has 0 aliphatic heterocycles. The number of aliphatic imine (C=N–C) groups is 1. The lowest BCUT2D eigenvalue weighted by atomic mass is 10.0. The van der Waals surface area contributed by atoms with E-state index >= 15 is 0 Å². The number of aliphatic hydroxyl groups is 1. The average Bonchev–Trinajstić information content (AvgIpc) is 3.22. The van der Waals surface area contributed by atoms with Crippen LogP contribution in [0.3, 0.4) is 0 Å². The maximum atomic E-state index is 11.5. The molecule has 1 saturated carbocycles. The third-order valence-corrected chi connectivity index (χ3v) is 4.25. The molecular formula is C17H23NO2S. The Morgan fingerprint density at radius 3 is 2.62 bits per heavy atom. The molecule has 3 nitrogen and oxygen atoms in total. The Bertz CT molecular complexity index is 584. The van der Waals surface area contributed by atoms with Crippen LogP contribution in [0.5, 0.6) is 0 Å². The Labute approximate surface area is 131 Å². The van der Waals surface area contributed by atoms with Gasteiger partial charge in [0.05, 0.1) is 15.4 Å². The number of rotatable bonds is 3. The predicted octanol–water partition coefficient (Wildman–Crippen LogP) is 4.21. The SMILES string of the molecule is CC.CC=Nc1cc(C#CC(C)(O)C2CC2)sc1C(C)=O. The zero-order valence-electron chi connectivity index (χ0n) is 13.4. The van der Waals surface area contributed by atoms with Gasteiger partial charge in [0.15, 0.2) is 5.78 Å². The average molecular weight is 305 g/mol. The highest BCUT2D eigenvalue weighted by Gasteiger charge is 2.38. The van der Waals surface area contributed by atoms with Crippen LogP contribution in [-0.4, -0.2) is 22.7 Å². The van der Waals surface area contributed by atoms with E-state index in [9.17, 15) is 9.90 Å². The molecule has 114 valence electrons. The number of hydrogen-bond donors (Lipinski definition) is 1. The van der Waals surface area contributed by atoms with Crippen molar-refractivity contribution in [2.45, 2.75) is 53.1 Å². The maximum Gasteiger partial charge on any atom is 0.171 e. The molecule has 0 aromatic carbocycles. The van der Waals surface area contributed by atoms with Crippen molar-refractivity contribution in [2.24, 2.45) is 10.9 Å². The summed E-state index contributed by atoms with van der Waals surface area (Å²) in [7, 11) is 0. The highest BCUT2D eigenvalue weighted by Crippen LogP contribution is 2.39. The first-order valence-corrected chi connectivity index (χ1v) is 8.14. The van der Waals surface area contributed by atoms with Gasteiger partial charge < -0.3 is 5.11 Å². The summed E-state index contributed by atoms with van der Waals surface area (Å²) in [6.07, 6.45) is 3.73. The zero-order valence-corrected chi connectivity index (χ0v) is 14.2. The Morgan fingerprint density at radius 1 is 1.52 bits per heavy atom. The van der Waals surface area contributed by atoms with Crippen LogP contribution >= 0.6 is 11.3 Å². The predicted molar refractivity (Wildman–Crippen MR) is 89.7 cm³/mol. The number of ketones is 1. The van der Waals surface area contributed by atoms with Crippen LogP contribution in [0.2, 0.25) is 0 Å². The molecule has 4 heteroatoms. The highest BCUT2D eigenvalue weighted by molar-refractivity contribution is 7.15. The largest absolute Gasteiger partial charge is 0.378 e.